The minimum absolute atomic E-state index is 0.172. The molecule has 2 aliphatic rings. The fourth-order valence-corrected chi connectivity index (χ4v) is 6.14. The number of aromatic nitrogens is 1. The number of hydrogen-bond acceptors (Lipinski definition) is 5. The van der Waals surface area contributed by atoms with Crippen molar-refractivity contribution >= 4 is 46.3 Å². The highest BCUT2D eigenvalue weighted by Gasteiger charge is 2.22. The van der Waals surface area contributed by atoms with Crippen LogP contribution in [-0.4, -0.2) is 47.1 Å². The lowest BCUT2D eigenvalue weighted by Gasteiger charge is -2.28. The zero-order valence-corrected chi connectivity index (χ0v) is 24.1. The Labute approximate surface area is 237 Å². The molecule has 1 aromatic heterocycles. The molecular formula is C29H41ClN6OS. The molecule has 1 saturated heterocycles. The van der Waals surface area contributed by atoms with Crippen LogP contribution in [-0.2, 0) is 0 Å². The monoisotopic (exact) mass is 556 g/mol. The highest BCUT2D eigenvalue weighted by Crippen LogP contribution is 2.37. The second-order valence-corrected chi connectivity index (χ2v) is 11.5. The molecule has 1 amide bonds. The maximum Gasteiger partial charge on any atom is 0.252 e. The maximum atomic E-state index is 12.5. The van der Waals surface area contributed by atoms with Crippen LogP contribution in [0.5, 0.6) is 0 Å². The number of hydrogen-bond donors (Lipinski definition) is 4. The van der Waals surface area contributed by atoms with E-state index in [1.165, 1.54) is 63.1 Å². The highest BCUT2D eigenvalue weighted by atomic mass is 35.5. The number of hydrazine groups is 1. The standard InChI is InChI=1S/C29H41ClN6OS/c1-3-5-20-7-9-21(10-8-20)22-11-13-24(14-12-22)33-29(38)35-34-27-26(30)18-23(19-32-27)28(37)31-16-15-25-6-4-17-36(25)2/h11-14,18-21,25H,3-10,15-17H2,1-2H3,(H,31,37)(H,32,34)(H2,33,35,38). The molecule has 38 heavy (non-hydrogen) atoms. The molecule has 0 bridgehead atoms. The normalized spacial score (nSPS) is 21.6. The summed E-state index contributed by atoms with van der Waals surface area (Å²) >= 11 is 11.8. The van der Waals surface area contributed by atoms with E-state index in [0.717, 1.165) is 24.6 Å². The third-order valence-corrected chi connectivity index (χ3v) is 8.51. The van der Waals surface area contributed by atoms with Gasteiger partial charge in [0.2, 0.25) is 0 Å². The van der Waals surface area contributed by atoms with Crippen molar-refractivity contribution in [1.29, 1.82) is 0 Å². The van der Waals surface area contributed by atoms with Crippen LogP contribution in [0.25, 0.3) is 0 Å². The van der Waals surface area contributed by atoms with E-state index in [4.69, 9.17) is 23.8 Å². The lowest BCUT2D eigenvalue weighted by Crippen LogP contribution is -2.34. The first-order valence-corrected chi connectivity index (χ1v) is 14.8. The van der Waals surface area contributed by atoms with Gasteiger partial charge in [-0.15, -0.1) is 0 Å². The molecule has 4 N–H and O–H groups in total. The van der Waals surface area contributed by atoms with Crippen molar-refractivity contribution in [2.75, 3.05) is 30.9 Å². The van der Waals surface area contributed by atoms with Gasteiger partial charge >= 0.3 is 0 Å². The number of anilines is 2. The number of thiocarbonyl (C=S) groups is 1. The summed E-state index contributed by atoms with van der Waals surface area (Å²) in [5.41, 5.74) is 8.61. The zero-order valence-electron chi connectivity index (χ0n) is 22.6. The topological polar surface area (TPSA) is 81.3 Å². The van der Waals surface area contributed by atoms with Crippen molar-refractivity contribution in [2.24, 2.45) is 5.92 Å². The Morgan fingerprint density at radius 2 is 1.89 bits per heavy atom. The lowest BCUT2D eigenvalue weighted by atomic mass is 9.77. The summed E-state index contributed by atoms with van der Waals surface area (Å²) in [6.45, 7) is 4.05. The van der Waals surface area contributed by atoms with E-state index in [2.05, 4.69) is 69.6 Å². The average molecular weight is 557 g/mol. The third-order valence-electron chi connectivity index (χ3n) is 8.02. The summed E-state index contributed by atoms with van der Waals surface area (Å²) < 4.78 is 0. The minimum atomic E-state index is -0.172. The summed E-state index contributed by atoms with van der Waals surface area (Å²) in [4.78, 5) is 19.2. The van der Waals surface area contributed by atoms with E-state index >= 15 is 0 Å². The number of nitrogens with one attached hydrogen (secondary N) is 4. The molecule has 206 valence electrons. The van der Waals surface area contributed by atoms with Crippen molar-refractivity contribution in [3.05, 3.63) is 52.7 Å². The summed E-state index contributed by atoms with van der Waals surface area (Å²) in [5, 5.41) is 6.89. The van der Waals surface area contributed by atoms with E-state index in [-0.39, 0.29) is 5.91 Å². The van der Waals surface area contributed by atoms with Crippen LogP contribution < -0.4 is 21.5 Å². The fraction of sp³-hybridized carbons (Fsp3) is 0.552. The molecule has 9 heteroatoms. The number of carbonyl (C=O) groups excluding carboxylic acids is 1. The molecule has 7 nitrogen and oxygen atoms in total. The van der Waals surface area contributed by atoms with Crippen LogP contribution in [0.1, 0.15) is 86.6 Å². The van der Waals surface area contributed by atoms with E-state index < -0.39 is 0 Å². The maximum absolute atomic E-state index is 12.5. The summed E-state index contributed by atoms with van der Waals surface area (Å²) in [6.07, 6.45) is 12.8. The van der Waals surface area contributed by atoms with Crippen LogP contribution in [0, 0.1) is 5.92 Å². The number of pyridine rings is 1. The molecule has 1 saturated carbocycles. The molecule has 1 aromatic carbocycles. The molecule has 0 spiro atoms. The number of likely N-dealkylation sites (tertiary alicyclic amines) is 1. The predicted octanol–water partition coefficient (Wildman–Crippen LogP) is 6.34. The van der Waals surface area contributed by atoms with Gasteiger partial charge in [-0.2, -0.15) is 0 Å². The molecular weight excluding hydrogens is 516 g/mol. The second kappa shape index (κ2) is 14.1. The highest BCUT2D eigenvalue weighted by molar-refractivity contribution is 7.80. The van der Waals surface area contributed by atoms with Crippen LogP contribution in [0.4, 0.5) is 11.5 Å². The smallest absolute Gasteiger partial charge is 0.252 e. The number of rotatable bonds is 10. The number of halogens is 1. The van der Waals surface area contributed by atoms with Gasteiger partial charge in [0.25, 0.3) is 5.91 Å². The first-order valence-electron chi connectivity index (χ1n) is 14.0. The predicted molar refractivity (Wildman–Crippen MR) is 161 cm³/mol. The number of nitrogens with zero attached hydrogens (tertiary/aromatic N) is 2. The molecule has 1 aliphatic carbocycles. The van der Waals surface area contributed by atoms with Crippen molar-refractivity contribution < 1.29 is 4.79 Å². The van der Waals surface area contributed by atoms with Gasteiger partial charge < -0.3 is 15.5 Å². The Kier molecular flexibility index (Phi) is 10.6. The van der Waals surface area contributed by atoms with Crippen molar-refractivity contribution in [1.82, 2.24) is 20.6 Å². The van der Waals surface area contributed by atoms with Crippen molar-refractivity contribution in [3.63, 3.8) is 0 Å². The van der Waals surface area contributed by atoms with Crippen molar-refractivity contribution in [3.8, 4) is 0 Å². The number of benzene rings is 1. The van der Waals surface area contributed by atoms with Crippen LogP contribution in [0.2, 0.25) is 5.02 Å². The summed E-state index contributed by atoms with van der Waals surface area (Å²) in [7, 11) is 2.14. The Hall–Kier alpha value is -2.42. The molecule has 2 aromatic rings. The molecule has 1 unspecified atom stereocenters. The molecule has 0 radical (unpaired) electrons. The summed E-state index contributed by atoms with van der Waals surface area (Å²) in [6, 6.07) is 10.7. The first kappa shape index (κ1) is 28.6. The van der Waals surface area contributed by atoms with Gasteiger partial charge in [0.05, 0.1) is 10.6 Å². The van der Waals surface area contributed by atoms with Gasteiger partial charge in [0.1, 0.15) is 0 Å². The van der Waals surface area contributed by atoms with E-state index in [1.807, 2.05) is 0 Å². The molecule has 4 rings (SSSR count). The SMILES string of the molecule is CCCC1CCC(c2ccc(NC(=S)NNc3ncc(C(=O)NCCC4CCCN4C)cc3Cl)cc2)CC1. The van der Waals surface area contributed by atoms with Gasteiger partial charge in [0.15, 0.2) is 10.9 Å². The summed E-state index contributed by atoms with van der Waals surface area (Å²) in [5.74, 6) is 1.80. The number of amides is 1. The molecule has 1 aliphatic heterocycles. The van der Waals surface area contributed by atoms with Gasteiger partial charge in [0, 0.05) is 24.5 Å². The van der Waals surface area contributed by atoms with E-state index in [0.29, 0.717) is 40.0 Å². The minimum Gasteiger partial charge on any atom is -0.352 e. The molecule has 2 fully saturated rings. The fourth-order valence-electron chi connectivity index (χ4n) is 5.76. The zero-order chi connectivity index (χ0) is 26.9. The largest absolute Gasteiger partial charge is 0.352 e. The Balaban J connectivity index is 1.19. The second-order valence-electron chi connectivity index (χ2n) is 10.7. The molecule has 2 heterocycles. The van der Waals surface area contributed by atoms with Gasteiger partial charge in [-0.1, -0.05) is 43.5 Å². The lowest BCUT2D eigenvalue weighted by molar-refractivity contribution is 0.0950. The van der Waals surface area contributed by atoms with Gasteiger partial charge in [-0.05, 0) is 106 Å². The quantitative estimate of drug-likeness (QED) is 0.201. The third kappa shape index (κ3) is 8.04. The molecule has 1 atom stereocenters. The van der Waals surface area contributed by atoms with Gasteiger partial charge in [-0.3, -0.25) is 15.6 Å². The van der Waals surface area contributed by atoms with E-state index in [1.54, 1.807) is 6.07 Å². The number of carbonyl (C=O) groups is 1. The Bertz CT molecular complexity index is 1070. The van der Waals surface area contributed by atoms with Crippen LogP contribution >= 0.6 is 23.8 Å². The van der Waals surface area contributed by atoms with Gasteiger partial charge in [-0.25, -0.2) is 4.98 Å². The van der Waals surface area contributed by atoms with E-state index in [9.17, 15) is 4.79 Å². The Morgan fingerprint density at radius 3 is 2.55 bits per heavy atom. The van der Waals surface area contributed by atoms with Crippen molar-refractivity contribution in [2.45, 2.75) is 76.7 Å². The first-order chi connectivity index (χ1) is 18.4. The van der Waals surface area contributed by atoms with Crippen LogP contribution in [0.3, 0.4) is 0 Å². The average Bonchev–Trinajstić information content (AvgIpc) is 3.33. The van der Waals surface area contributed by atoms with Crippen LogP contribution in [0.15, 0.2) is 36.5 Å². The Morgan fingerprint density at radius 1 is 1.13 bits per heavy atom.